The van der Waals surface area contributed by atoms with Gasteiger partial charge in [0.1, 0.15) is 5.60 Å². The average molecular weight is 290 g/mol. The zero-order chi connectivity index (χ0) is 15.8. The van der Waals surface area contributed by atoms with Crippen molar-refractivity contribution in [2.75, 3.05) is 13.7 Å². The molecule has 0 radical (unpaired) electrons. The molecule has 0 aliphatic rings. The molecule has 0 rings (SSSR count). The maximum absolute atomic E-state index is 11.3. The van der Waals surface area contributed by atoms with Crippen LogP contribution in [0.15, 0.2) is 0 Å². The summed E-state index contributed by atoms with van der Waals surface area (Å²) in [5.41, 5.74) is 5.14. The van der Waals surface area contributed by atoms with E-state index in [1.165, 1.54) is 7.11 Å². The van der Waals surface area contributed by atoms with Crippen LogP contribution in [0.5, 0.6) is 0 Å². The van der Waals surface area contributed by atoms with E-state index in [-0.39, 0.29) is 0 Å². The number of nitrogens with one attached hydrogen (secondary N) is 1. The van der Waals surface area contributed by atoms with Gasteiger partial charge in [-0.1, -0.05) is 6.42 Å². The topological polar surface area (TPSA) is 111 Å². The predicted molar refractivity (Wildman–Crippen MR) is 74.1 cm³/mol. The van der Waals surface area contributed by atoms with Crippen LogP contribution in [-0.2, 0) is 14.3 Å². The number of alkyl carbamates (subject to hydrolysis) is 1. The van der Waals surface area contributed by atoms with E-state index in [2.05, 4.69) is 10.1 Å². The summed E-state index contributed by atoms with van der Waals surface area (Å²) >= 11 is 0. The first-order chi connectivity index (χ1) is 9.17. The number of hydrogen-bond acceptors (Lipinski definition) is 6. The Kier molecular flexibility index (Phi) is 8.17. The third-order valence-corrected chi connectivity index (χ3v) is 2.48. The molecular formula is C13H26N2O5. The lowest BCUT2D eigenvalue weighted by Crippen LogP contribution is -2.41. The molecule has 0 aromatic carbocycles. The van der Waals surface area contributed by atoms with Crippen LogP contribution in [0.4, 0.5) is 4.79 Å². The van der Waals surface area contributed by atoms with Crippen molar-refractivity contribution in [1.82, 2.24) is 5.32 Å². The Bertz CT molecular complexity index is 314. The number of aliphatic hydroxyl groups excluding tert-OH is 1. The highest BCUT2D eigenvalue weighted by molar-refractivity contribution is 5.75. The first-order valence-corrected chi connectivity index (χ1v) is 6.65. The minimum atomic E-state index is -1.31. The zero-order valence-corrected chi connectivity index (χ0v) is 12.6. The lowest BCUT2D eigenvalue weighted by Gasteiger charge is -2.20. The third kappa shape index (κ3) is 8.71. The summed E-state index contributed by atoms with van der Waals surface area (Å²) in [6.07, 6.45) is 0.0493. The second-order valence-corrected chi connectivity index (χ2v) is 5.56. The van der Waals surface area contributed by atoms with Gasteiger partial charge in [-0.05, 0) is 33.6 Å². The first kappa shape index (κ1) is 18.7. The van der Waals surface area contributed by atoms with Crippen molar-refractivity contribution < 1.29 is 24.2 Å². The van der Waals surface area contributed by atoms with Gasteiger partial charge in [0.05, 0.1) is 7.11 Å². The summed E-state index contributed by atoms with van der Waals surface area (Å²) in [5, 5.41) is 12.1. The summed E-state index contributed by atoms with van der Waals surface area (Å²) in [6, 6.07) is -0.663. The average Bonchev–Trinajstić information content (AvgIpc) is 2.34. The molecule has 0 aromatic rings. The van der Waals surface area contributed by atoms with Crippen molar-refractivity contribution in [1.29, 1.82) is 0 Å². The Hall–Kier alpha value is -1.34. The molecule has 0 aliphatic carbocycles. The van der Waals surface area contributed by atoms with Crippen LogP contribution in [0.2, 0.25) is 0 Å². The number of hydrogen-bond donors (Lipinski definition) is 3. The van der Waals surface area contributed by atoms with Crippen molar-refractivity contribution in [3.8, 4) is 0 Å². The smallest absolute Gasteiger partial charge is 0.407 e. The number of aliphatic hydroxyl groups is 1. The van der Waals surface area contributed by atoms with Crippen molar-refractivity contribution >= 4 is 12.1 Å². The van der Waals surface area contributed by atoms with Crippen LogP contribution >= 0.6 is 0 Å². The minimum Gasteiger partial charge on any atom is -0.467 e. The Labute approximate surface area is 119 Å². The van der Waals surface area contributed by atoms with Gasteiger partial charge in [-0.15, -0.1) is 0 Å². The fourth-order valence-electron chi connectivity index (χ4n) is 1.46. The normalized spacial score (nSPS) is 14.3. The molecule has 1 amide bonds. The molecule has 0 bridgehead atoms. The Balaban J connectivity index is 3.72. The summed E-state index contributed by atoms with van der Waals surface area (Å²) in [4.78, 5) is 22.4. The predicted octanol–water partition coefficient (Wildman–Crippen LogP) is 0.543. The first-order valence-electron chi connectivity index (χ1n) is 6.65. The number of esters is 1. The van der Waals surface area contributed by atoms with Crippen LogP contribution in [0.25, 0.3) is 0 Å². The van der Waals surface area contributed by atoms with Crippen molar-refractivity contribution in [3.05, 3.63) is 0 Å². The third-order valence-electron chi connectivity index (χ3n) is 2.48. The van der Waals surface area contributed by atoms with E-state index in [1.54, 1.807) is 20.8 Å². The van der Waals surface area contributed by atoms with Gasteiger partial charge in [-0.25, -0.2) is 9.59 Å². The van der Waals surface area contributed by atoms with Crippen molar-refractivity contribution in [3.63, 3.8) is 0 Å². The van der Waals surface area contributed by atoms with Gasteiger partial charge in [-0.3, -0.25) is 0 Å². The number of carbonyl (C=O) groups excluding carboxylic acids is 2. The van der Waals surface area contributed by atoms with E-state index in [0.717, 1.165) is 0 Å². The summed E-state index contributed by atoms with van der Waals surface area (Å²) in [5.74, 6) is -0.732. The van der Waals surface area contributed by atoms with Gasteiger partial charge in [0.2, 0.25) is 0 Å². The maximum atomic E-state index is 11.3. The van der Waals surface area contributed by atoms with Gasteiger partial charge in [-0.2, -0.15) is 0 Å². The van der Waals surface area contributed by atoms with E-state index in [9.17, 15) is 14.7 Å². The molecule has 20 heavy (non-hydrogen) atoms. The van der Waals surface area contributed by atoms with Crippen molar-refractivity contribution in [2.24, 2.45) is 5.73 Å². The van der Waals surface area contributed by atoms with E-state index in [0.29, 0.717) is 25.8 Å². The molecule has 0 fully saturated rings. The molecule has 0 aliphatic heterocycles. The molecule has 0 aromatic heterocycles. The van der Waals surface area contributed by atoms with E-state index >= 15 is 0 Å². The zero-order valence-electron chi connectivity index (χ0n) is 12.6. The van der Waals surface area contributed by atoms with Gasteiger partial charge in [0.25, 0.3) is 0 Å². The molecule has 0 saturated heterocycles. The number of carbonyl (C=O) groups is 2. The van der Waals surface area contributed by atoms with Crippen LogP contribution in [0.3, 0.4) is 0 Å². The molecular weight excluding hydrogens is 264 g/mol. The highest BCUT2D eigenvalue weighted by Gasteiger charge is 2.23. The van der Waals surface area contributed by atoms with Crippen LogP contribution in [0.1, 0.15) is 40.0 Å². The van der Waals surface area contributed by atoms with E-state index in [4.69, 9.17) is 10.5 Å². The molecule has 118 valence electrons. The van der Waals surface area contributed by atoms with Gasteiger partial charge >= 0.3 is 12.1 Å². The SMILES string of the molecule is COC(=O)C(O)[C@@H](N)CCCCNC(=O)OC(C)(C)C. The van der Waals surface area contributed by atoms with Gasteiger partial charge < -0.3 is 25.6 Å². The standard InChI is InChI=1S/C13H26N2O5/c1-13(2,3)20-12(18)15-8-6-5-7-9(14)10(16)11(17)19-4/h9-10,16H,5-8,14H2,1-4H3,(H,15,18)/t9-,10?/m0/s1. The van der Waals surface area contributed by atoms with Crippen LogP contribution < -0.4 is 11.1 Å². The quantitative estimate of drug-likeness (QED) is 0.466. The number of methoxy groups -OCH3 is 1. The number of amides is 1. The number of unbranched alkanes of at least 4 members (excludes halogenated alkanes) is 1. The highest BCUT2D eigenvalue weighted by atomic mass is 16.6. The monoisotopic (exact) mass is 290 g/mol. The molecule has 1 unspecified atom stereocenters. The number of rotatable bonds is 7. The number of nitrogens with two attached hydrogens (primary N) is 1. The number of ether oxygens (including phenoxy) is 2. The molecule has 0 heterocycles. The summed E-state index contributed by atoms with van der Waals surface area (Å²) < 4.78 is 9.47. The lowest BCUT2D eigenvalue weighted by atomic mass is 10.1. The summed E-state index contributed by atoms with van der Waals surface area (Å²) in [6.45, 7) is 5.83. The highest BCUT2D eigenvalue weighted by Crippen LogP contribution is 2.07. The molecule has 0 saturated carbocycles. The largest absolute Gasteiger partial charge is 0.467 e. The molecule has 7 nitrogen and oxygen atoms in total. The summed E-state index contributed by atoms with van der Waals surface area (Å²) in [7, 11) is 1.20. The maximum Gasteiger partial charge on any atom is 0.407 e. The van der Waals surface area contributed by atoms with Crippen LogP contribution in [-0.4, -0.2) is 48.6 Å². The second-order valence-electron chi connectivity index (χ2n) is 5.56. The molecule has 7 heteroatoms. The van der Waals surface area contributed by atoms with E-state index < -0.39 is 29.8 Å². The Morgan fingerprint density at radius 1 is 1.30 bits per heavy atom. The van der Waals surface area contributed by atoms with Crippen LogP contribution in [0, 0.1) is 0 Å². The Morgan fingerprint density at radius 3 is 2.40 bits per heavy atom. The van der Waals surface area contributed by atoms with Gasteiger partial charge in [0.15, 0.2) is 6.10 Å². The minimum absolute atomic E-state index is 0.454. The van der Waals surface area contributed by atoms with Crippen molar-refractivity contribution in [2.45, 2.75) is 57.8 Å². The molecule has 4 N–H and O–H groups in total. The molecule has 0 spiro atoms. The fraction of sp³-hybridized carbons (Fsp3) is 0.846. The lowest BCUT2D eigenvalue weighted by molar-refractivity contribution is -0.151. The van der Waals surface area contributed by atoms with E-state index in [1.807, 2.05) is 0 Å². The molecule has 2 atom stereocenters. The second kappa shape index (κ2) is 8.76. The Morgan fingerprint density at radius 2 is 1.90 bits per heavy atom. The van der Waals surface area contributed by atoms with Gasteiger partial charge in [0, 0.05) is 12.6 Å². The fourth-order valence-corrected chi connectivity index (χ4v) is 1.46.